The van der Waals surface area contributed by atoms with Gasteiger partial charge in [0.1, 0.15) is 11.4 Å². The number of aromatic nitrogens is 1. The first-order valence-corrected chi connectivity index (χ1v) is 6.05. The highest BCUT2D eigenvalue weighted by Gasteiger charge is 2.32. The Bertz CT molecular complexity index is 664. The summed E-state index contributed by atoms with van der Waals surface area (Å²) in [7, 11) is 1.45. The Morgan fingerprint density at radius 2 is 1.81 bits per heavy atom. The van der Waals surface area contributed by atoms with Gasteiger partial charge in [0.15, 0.2) is 5.78 Å². The number of hydrogen-bond acceptors (Lipinski definition) is 3. The third-order valence-electron chi connectivity index (χ3n) is 2.97. The van der Waals surface area contributed by atoms with E-state index in [1.54, 1.807) is 18.2 Å². The zero-order valence-corrected chi connectivity index (χ0v) is 11.4. The lowest BCUT2D eigenvalue weighted by Gasteiger charge is -2.10. The molecule has 0 unspecified atom stereocenters. The molecule has 0 aliphatic heterocycles. The number of Topliss-reactive ketones (excluding diaryl/α,β-unsaturated/α-hetero) is 1. The zero-order valence-electron chi connectivity index (χ0n) is 11.4. The molecule has 0 aliphatic rings. The van der Waals surface area contributed by atoms with Crippen LogP contribution in [0.15, 0.2) is 36.5 Å². The number of pyridine rings is 1. The highest BCUT2D eigenvalue weighted by atomic mass is 19.4. The fourth-order valence-electron chi connectivity index (χ4n) is 1.89. The first kappa shape index (κ1) is 15.0. The second kappa shape index (κ2) is 5.55. The van der Waals surface area contributed by atoms with E-state index >= 15 is 0 Å². The van der Waals surface area contributed by atoms with Crippen molar-refractivity contribution in [3.63, 3.8) is 0 Å². The number of carbonyl (C=O) groups excluding carboxylic acids is 1. The Morgan fingerprint density at radius 1 is 1.14 bits per heavy atom. The summed E-state index contributed by atoms with van der Waals surface area (Å²) in [5.41, 5.74) is 0.511. The minimum Gasteiger partial charge on any atom is -0.496 e. The molecular weight excluding hydrogens is 283 g/mol. The van der Waals surface area contributed by atoms with Crippen LogP contribution >= 0.6 is 0 Å². The van der Waals surface area contributed by atoms with Gasteiger partial charge in [0.25, 0.3) is 0 Å². The van der Waals surface area contributed by atoms with E-state index in [0.29, 0.717) is 22.4 Å². The lowest BCUT2D eigenvalue weighted by Crippen LogP contribution is -2.07. The van der Waals surface area contributed by atoms with Gasteiger partial charge in [0.05, 0.1) is 12.7 Å². The molecular formula is C15H12F3NO2. The second-order valence-corrected chi connectivity index (χ2v) is 4.40. The molecule has 2 aromatic rings. The number of methoxy groups -OCH3 is 1. The molecule has 0 atom stereocenters. The van der Waals surface area contributed by atoms with Crippen LogP contribution in [0.25, 0.3) is 11.1 Å². The number of rotatable bonds is 3. The average molecular weight is 295 g/mol. The molecule has 0 fully saturated rings. The summed E-state index contributed by atoms with van der Waals surface area (Å²) >= 11 is 0. The molecule has 6 heteroatoms. The zero-order chi connectivity index (χ0) is 15.6. The summed E-state index contributed by atoms with van der Waals surface area (Å²) in [6, 6.07) is 7.07. The Morgan fingerprint density at radius 3 is 2.29 bits per heavy atom. The maximum Gasteiger partial charge on any atom is 0.433 e. The first-order chi connectivity index (χ1) is 9.82. The minimum absolute atomic E-state index is 0.187. The van der Waals surface area contributed by atoms with Crippen LogP contribution < -0.4 is 4.74 Å². The Labute approximate surface area is 119 Å². The molecule has 3 nitrogen and oxygen atoms in total. The molecule has 110 valence electrons. The maximum atomic E-state index is 12.5. The van der Waals surface area contributed by atoms with Crippen LogP contribution in [0.1, 0.15) is 23.0 Å². The van der Waals surface area contributed by atoms with Crippen molar-refractivity contribution >= 4 is 5.78 Å². The van der Waals surface area contributed by atoms with Crippen LogP contribution in [-0.4, -0.2) is 17.9 Å². The summed E-state index contributed by atoms with van der Waals surface area (Å²) in [6.07, 6.45) is -3.34. The molecule has 0 N–H and O–H groups in total. The largest absolute Gasteiger partial charge is 0.496 e. The normalized spacial score (nSPS) is 11.3. The Kier molecular flexibility index (Phi) is 3.97. The molecule has 21 heavy (non-hydrogen) atoms. The predicted octanol–water partition coefficient (Wildman–Crippen LogP) is 3.98. The topological polar surface area (TPSA) is 39.2 Å². The van der Waals surface area contributed by atoms with Gasteiger partial charge in [0.2, 0.25) is 0 Å². The monoisotopic (exact) mass is 295 g/mol. The molecule has 1 aromatic carbocycles. The first-order valence-electron chi connectivity index (χ1n) is 6.05. The van der Waals surface area contributed by atoms with Crippen LogP contribution in [0, 0.1) is 0 Å². The fourth-order valence-corrected chi connectivity index (χ4v) is 1.89. The summed E-state index contributed by atoms with van der Waals surface area (Å²) in [4.78, 5) is 15.0. The van der Waals surface area contributed by atoms with Crippen molar-refractivity contribution in [1.82, 2.24) is 4.98 Å². The van der Waals surface area contributed by atoms with Crippen molar-refractivity contribution in [3.05, 3.63) is 47.8 Å². The Balaban J connectivity index is 2.43. The lowest BCUT2D eigenvalue weighted by molar-refractivity contribution is -0.141. The quantitative estimate of drug-likeness (QED) is 0.804. The highest BCUT2D eigenvalue weighted by Crippen LogP contribution is 2.30. The molecule has 1 aromatic heterocycles. The van der Waals surface area contributed by atoms with Crippen LogP contribution in [-0.2, 0) is 6.18 Å². The van der Waals surface area contributed by atoms with E-state index in [1.807, 2.05) is 0 Å². The summed E-state index contributed by atoms with van der Waals surface area (Å²) in [5.74, 6) is 0.236. The van der Waals surface area contributed by atoms with Gasteiger partial charge in [0, 0.05) is 11.8 Å². The van der Waals surface area contributed by atoms with Gasteiger partial charge in [-0.05, 0) is 30.7 Å². The van der Waals surface area contributed by atoms with Crippen LogP contribution in [0.4, 0.5) is 13.2 Å². The van der Waals surface area contributed by atoms with Crippen LogP contribution in [0.5, 0.6) is 5.75 Å². The van der Waals surface area contributed by atoms with Gasteiger partial charge in [-0.25, -0.2) is 0 Å². The van der Waals surface area contributed by atoms with Crippen molar-refractivity contribution in [1.29, 1.82) is 0 Å². The molecule has 0 aliphatic carbocycles. The third-order valence-corrected chi connectivity index (χ3v) is 2.97. The third kappa shape index (κ3) is 3.21. The Hall–Kier alpha value is -2.37. The summed E-state index contributed by atoms with van der Waals surface area (Å²) in [5, 5.41) is 0. The molecule has 0 amide bonds. The molecule has 0 bridgehead atoms. The van der Waals surface area contributed by atoms with E-state index in [1.165, 1.54) is 20.1 Å². The highest BCUT2D eigenvalue weighted by molar-refractivity contribution is 5.98. The van der Waals surface area contributed by atoms with Gasteiger partial charge in [-0.15, -0.1) is 0 Å². The molecule has 0 saturated heterocycles. The number of carbonyl (C=O) groups is 1. The van der Waals surface area contributed by atoms with E-state index in [4.69, 9.17) is 4.74 Å². The maximum absolute atomic E-state index is 12.5. The number of ketones is 1. The van der Waals surface area contributed by atoms with Crippen molar-refractivity contribution < 1.29 is 22.7 Å². The predicted molar refractivity (Wildman–Crippen MR) is 71.2 cm³/mol. The number of ether oxygens (including phenoxy) is 1. The molecule has 0 saturated carbocycles. The van der Waals surface area contributed by atoms with E-state index in [2.05, 4.69) is 4.98 Å². The number of benzene rings is 1. The van der Waals surface area contributed by atoms with Crippen LogP contribution in [0.3, 0.4) is 0 Å². The standard InChI is InChI=1S/C15H12F3NO2/c1-9(20)12-7-10(3-5-13(12)21-2)11-4-6-14(19-8-11)15(16,17)18/h3-8H,1-2H3. The molecule has 0 radical (unpaired) electrons. The van der Waals surface area contributed by atoms with E-state index in [0.717, 1.165) is 12.3 Å². The van der Waals surface area contributed by atoms with Crippen molar-refractivity contribution in [2.75, 3.05) is 7.11 Å². The fraction of sp³-hybridized carbons (Fsp3) is 0.200. The lowest BCUT2D eigenvalue weighted by atomic mass is 10.0. The van der Waals surface area contributed by atoms with E-state index in [-0.39, 0.29) is 5.78 Å². The average Bonchev–Trinajstić information content (AvgIpc) is 2.45. The summed E-state index contributed by atoms with van der Waals surface area (Å²) in [6.45, 7) is 1.40. The van der Waals surface area contributed by atoms with Gasteiger partial charge in [-0.1, -0.05) is 12.1 Å². The van der Waals surface area contributed by atoms with Gasteiger partial charge >= 0.3 is 6.18 Å². The molecule has 0 spiro atoms. The van der Waals surface area contributed by atoms with Crippen molar-refractivity contribution in [2.24, 2.45) is 0 Å². The summed E-state index contributed by atoms with van der Waals surface area (Å²) < 4.78 is 42.5. The van der Waals surface area contributed by atoms with Crippen molar-refractivity contribution in [2.45, 2.75) is 13.1 Å². The number of hydrogen-bond donors (Lipinski definition) is 0. The smallest absolute Gasteiger partial charge is 0.433 e. The molecule has 2 rings (SSSR count). The van der Waals surface area contributed by atoms with Gasteiger partial charge < -0.3 is 4.74 Å². The SMILES string of the molecule is COc1ccc(-c2ccc(C(F)(F)F)nc2)cc1C(C)=O. The van der Waals surface area contributed by atoms with E-state index in [9.17, 15) is 18.0 Å². The van der Waals surface area contributed by atoms with Crippen LogP contribution in [0.2, 0.25) is 0 Å². The van der Waals surface area contributed by atoms with Crippen molar-refractivity contribution in [3.8, 4) is 16.9 Å². The molecule has 1 heterocycles. The minimum atomic E-state index is -4.47. The number of alkyl halides is 3. The van der Waals surface area contributed by atoms with E-state index < -0.39 is 11.9 Å². The number of halogens is 3. The number of nitrogens with zero attached hydrogens (tertiary/aromatic N) is 1. The second-order valence-electron chi connectivity index (χ2n) is 4.40. The van der Waals surface area contributed by atoms with Gasteiger partial charge in [-0.3, -0.25) is 9.78 Å². The van der Waals surface area contributed by atoms with Gasteiger partial charge in [-0.2, -0.15) is 13.2 Å².